The molecule has 0 aliphatic carbocycles. The quantitative estimate of drug-likeness (QED) is 0.251. The molecule has 32 atom stereocenters. The monoisotopic (exact) mass is 1110 g/mol. The Balaban J connectivity index is 0.655. The maximum Gasteiger partial charge on any atom is 0.308 e. The summed E-state index contributed by atoms with van der Waals surface area (Å²) in [6, 6.07) is 0. The molecule has 0 aromatic rings. The van der Waals surface area contributed by atoms with Crippen LogP contribution in [0.3, 0.4) is 0 Å². The van der Waals surface area contributed by atoms with Crippen LogP contribution in [0.4, 0.5) is 0 Å². The van der Waals surface area contributed by atoms with Crippen molar-refractivity contribution in [2.24, 2.45) is 23.7 Å². The minimum atomic E-state index is -1.02. The first kappa shape index (κ1) is 54.0. The highest BCUT2D eigenvalue weighted by atomic mass is 16.8. The summed E-state index contributed by atoms with van der Waals surface area (Å²) < 4.78 is 104. The molecule has 16 aliphatic heterocycles. The zero-order valence-corrected chi connectivity index (χ0v) is 46.5. The zero-order valence-electron chi connectivity index (χ0n) is 46.5. The minimum Gasteiger partial charge on any atom is -0.459 e. The second-order valence-electron chi connectivity index (χ2n) is 27.5. The van der Waals surface area contributed by atoms with Crippen molar-refractivity contribution >= 4 is 5.97 Å². The number of ether oxygens (including phenoxy) is 15. The fraction of sp³-hybridized carbons (Fsp3) is 0.917. The van der Waals surface area contributed by atoms with Gasteiger partial charge in [0.05, 0.1) is 129 Å². The number of hydrogen-bond acceptors (Lipinski definition) is 19. The third-order valence-corrected chi connectivity index (χ3v) is 21.9. The van der Waals surface area contributed by atoms with Crippen LogP contribution in [0.2, 0.25) is 0 Å². The number of hydrogen-bond donors (Lipinski definition) is 3. The Kier molecular flexibility index (Phi) is 13.8. The van der Waals surface area contributed by atoms with E-state index in [2.05, 4.69) is 40.9 Å². The number of esters is 1. The van der Waals surface area contributed by atoms with Gasteiger partial charge in [-0.1, -0.05) is 40.9 Å². The van der Waals surface area contributed by atoms with Crippen molar-refractivity contribution in [1.82, 2.24) is 0 Å². The van der Waals surface area contributed by atoms with Crippen molar-refractivity contribution < 1.29 is 91.2 Å². The standard InChI is InChI=1S/C60H86O19/c1-26-13-33-7-9-37-27(2)14-35(65-37)11-12-58-23-46-54(78-58)55-56(72-46)57(79-58)53-38(69-55)10-8-34(67-53)16-48(64)73-52-31(6)51-43(68-42(52)17-39(66-33)30(26)5)19-41-45(71-51)22-60(74-41)24-47-50(77-60)29(4)21-59(76-47)20-28(3)49-44(75-59)18-40(70-49)36(63)15-32(62)25-61/h26,28-29,31-47,49-57,61-63H,2,5,7-25H2,1,3-4,6H3/t26-,28+,29+,31+,32-,33-,34-,35+,36+,37+,38+,39+,40+,41-,42+,43+,44+,45-,46-,47+,49+,50+,51+,52-,53+,54-,55+,56-,57+,58+,59-,60+/m1/s1. The van der Waals surface area contributed by atoms with Crippen LogP contribution in [0.15, 0.2) is 24.3 Å². The van der Waals surface area contributed by atoms with Crippen molar-refractivity contribution in [3.63, 3.8) is 0 Å². The van der Waals surface area contributed by atoms with Gasteiger partial charge in [0.1, 0.15) is 36.6 Å². The summed E-state index contributed by atoms with van der Waals surface area (Å²) in [6.45, 7) is 17.4. The summed E-state index contributed by atoms with van der Waals surface area (Å²) >= 11 is 0. The zero-order chi connectivity index (χ0) is 54.0. The molecule has 440 valence electrons. The molecule has 16 fully saturated rings. The van der Waals surface area contributed by atoms with Gasteiger partial charge < -0.3 is 86.4 Å². The van der Waals surface area contributed by atoms with Crippen molar-refractivity contribution in [2.75, 3.05) is 6.61 Å². The van der Waals surface area contributed by atoms with E-state index in [1.165, 1.54) is 0 Å². The highest BCUT2D eigenvalue weighted by molar-refractivity contribution is 5.70. The lowest BCUT2D eigenvalue weighted by molar-refractivity contribution is -0.347. The summed E-state index contributed by atoms with van der Waals surface area (Å²) in [5.74, 6) is -2.77. The first-order chi connectivity index (χ1) is 38.0. The third kappa shape index (κ3) is 9.43. The lowest BCUT2D eigenvalue weighted by Crippen LogP contribution is -2.62. The summed E-state index contributed by atoms with van der Waals surface area (Å²) in [7, 11) is 0. The third-order valence-electron chi connectivity index (χ3n) is 21.9. The second kappa shape index (κ2) is 20.2. The summed E-state index contributed by atoms with van der Waals surface area (Å²) in [4.78, 5) is 14.6. The lowest BCUT2D eigenvalue weighted by Gasteiger charge is -2.50. The normalized spacial score (nSPS) is 57.2. The summed E-state index contributed by atoms with van der Waals surface area (Å²) in [5.41, 5.74) is 2.15. The maximum absolute atomic E-state index is 14.6. The van der Waals surface area contributed by atoms with Crippen LogP contribution >= 0.6 is 0 Å². The fourth-order valence-electron chi connectivity index (χ4n) is 18.2. The Bertz CT molecular complexity index is 2340. The fourth-order valence-corrected chi connectivity index (χ4v) is 18.2. The Morgan fingerprint density at radius 3 is 2.03 bits per heavy atom. The predicted molar refractivity (Wildman–Crippen MR) is 274 cm³/mol. The molecule has 0 unspecified atom stereocenters. The van der Waals surface area contributed by atoms with Gasteiger partial charge in [0.15, 0.2) is 17.4 Å². The van der Waals surface area contributed by atoms with E-state index in [0.717, 1.165) is 49.7 Å². The molecule has 12 bridgehead atoms. The Morgan fingerprint density at radius 1 is 0.506 bits per heavy atom. The molecule has 0 aromatic heterocycles. The Hall–Kier alpha value is -1.73. The average Bonchev–Trinajstić information content (AvgIpc) is 4.25. The molecule has 0 saturated carbocycles. The van der Waals surface area contributed by atoms with E-state index in [9.17, 15) is 20.1 Å². The van der Waals surface area contributed by atoms with Gasteiger partial charge in [-0.2, -0.15) is 0 Å². The largest absolute Gasteiger partial charge is 0.459 e. The molecule has 19 nitrogen and oxygen atoms in total. The van der Waals surface area contributed by atoms with Crippen LogP contribution in [0.5, 0.6) is 0 Å². The van der Waals surface area contributed by atoms with Crippen LogP contribution in [-0.4, -0.2) is 198 Å². The van der Waals surface area contributed by atoms with E-state index in [1.807, 2.05) is 0 Å². The molecular weight excluding hydrogens is 1020 g/mol. The highest BCUT2D eigenvalue weighted by Crippen LogP contribution is 2.58. The maximum atomic E-state index is 14.6. The van der Waals surface area contributed by atoms with Crippen LogP contribution < -0.4 is 0 Å². The molecule has 79 heavy (non-hydrogen) atoms. The topological polar surface area (TPSA) is 216 Å². The number of fused-ring (bicyclic) bond motifs is 10. The smallest absolute Gasteiger partial charge is 0.308 e. The van der Waals surface area contributed by atoms with E-state index >= 15 is 0 Å². The molecule has 16 saturated heterocycles. The van der Waals surface area contributed by atoms with Crippen LogP contribution in [0.1, 0.15) is 143 Å². The Labute approximate surface area is 463 Å². The van der Waals surface area contributed by atoms with E-state index in [4.69, 9.17) is 71.1 Å². The van der Waals surface area contributed by atoms with Gasteiger partial charge in [-0.15, -0.1) is 0 Å². The van der Waals surface area contributed by atoms with Gasteiger partial charge in [-0.25, -0.2) is 0 Å². The number of carbonyl (C=O) groups excluding carboxylic acids is 1. The van der Waals surface area contributed by atoms with Crippen molar-refractivity contribution in [2.45, 2.75) is 313 Å². The molecule has 0 aromatic carbocycles. The van der Waals surface area contributed by atoms with Crippen molar-refractivity contribution in [3.05, 3.63) is 24.3 Å². The van der Waals surface area contributed by atoms with Gasteiger partial charge in [-0.05, 0) is 73.8 Å². The number of carbonyl (C=O) groups is 1. The minimum absolute atomic E-state index is 0.0143. The van der Waals surface area contributed by atoms with Crippen molar-refractivity contribution in [1.29, 1.82) is 0 Å². The highest BCUT2D eigenvalue weighted by Gasteiger charge is 2.70. The molecule has 3 N–H and O–H groups in total. The second-order valence-corrected chi connectivity index (χ2v) is 27.5. The first-order valence-corrected chi connectivity index (χ1v) is 30.8. The van der Waals surface area contributed by atoms with E-state index < -0.39 is 72.8 Å². The summed E-state index contributed by atoms with van der Waals surface area (Å²) in [5, 5.41) is 30.3. The molecule has 16 heterocycles. The summed E-state index contributed by atoms with van der Waals surface area (Å²) in [6.07, 6.45) is 2.17. The van der Waals surface area contributed by atoms with Gasteiger partial charge in [0.2, 0.25) is 0 Å². The van der Waals surface area contributed by atoms with Crippen LogP contribution in [0, 0.1) is 23.7 Å². The van der Waals surface area contributed by atoms with E-state index in [0.29, 0.717) is 64.2 Å². The van der Waals surface area contributed by atoms with Crippen molar-refractivity contribution in [3.8, 4) is 0 Å². The van der Waals surface area contributed by atoms with E-state index in [1.54, 1.807) is 0 Å². The number of rotatable bonds is 4. The molecule has 0 amide bonds. The van der Waals surface area contributed by atoms with Gasteiger partial charge in [0.25, 0.3) is 0 Å². The molecular formula is C60H86O19. The molecule has 0 radical (unpaired) electrons. The van der Waals surface area contributed by atoms with E-state index in [-0.39, 0.29) is 146 Å². The van der Waals surface area contributed by atoms with Gasteiger partial charge in [-0.3, -0.25) is 4.79 Å². The van der Waals surface area contributed by atoms with Gasteiger partial charge in [0, 0.05) is 70.1 Å². The average molecular weight is 1110 g/mol. The predicted octanol–water partition coefficient (Wildman–Crippen LogP) is 4.93. The number of aliphatic hydroxyl groups excluding tert-OH is 3. The van der Waals surface area contributed by atoms with Crippen LogP contribution in [0.25, 0.3) is 0 Å². The molecule has 16 aliphatic rings. The van der Waals surface area contributed by atoms with Crippen LogP contribution in [-0.2, 0) is 75.8 Å². The number of aliphatic hydroxyl groups is 3. The van der Waals surface area contributed by atoms with Gasteiger partial charge >= 0.3 is 5.97 Å². The SMILES string of the molecule is C=C1C[C@@H]2CC[C@@]34C[C@H]5O[C@H]6[C@@H](O3)[C@H]3O[C@H](CC[C@@H]3O[C@H]6[C@@H]5O4)CC(=O)O[C@@H]3[C@@H](C)[C@@H]4O[C@@H]5C[C@]6(C[C@@H]7O[C@]8(C[C@H](C)[C@@H]9O[C@H]([C@@H](O)C[C@@H](O)CO)C[C@@H]9O8)C[C@H](C)[C@@H]7O6)O[C@@H]5C[C@@H]4O[C@H]3C[C@@H]3O[C@H](CC[C@@H]1O2)C[C@@H](C)C3=C. The molecule has 16 rings (SSSR count). The molecule has 19 heteroatoms. The lowest BCUT2D eigenvalue weighted by atomic mass is 9.79. The molecule has 3 spiro atoms. The Morgan fingerprint density at radius 2 is 1.18 bits per heavy atom. The first-order valence-electron chi connectivity index (χ1n) is 30.8.